The number of thiazole rings is 1. The minimum absolute atomic E-state index is 0.212. The molecule has 0 amide bonds. The molecule has 1 aromatic carbocycles. The van der Waals surface area contributed by atoms with Crippen LogP contribution in [0.25, 0.3) is 10.6 Å². The predicted molar refractivity (Wildman–Crippen MR) is 74.3 cm³/mol. The zero-order chi connectivity index (χ0) is 12.7. The van der Waals surface area contributed by atoms with Crippen LogP contribution in [-0.2, 0) is 6.42 Å². The van der Waals surface area contributed by atoms with Gasteiger partial charge in [0.05, 0.1) is 0 Å². The van der Waals surface area contributed by atoms with Gasteiger partial charge in [-0.1, -0.05) is 17.7 Å². The zero-order valence-corrected chi connectivity index (χ0v) is 11.4. The smallest absolute Gasteiger partial charge is 0.182 e. The van der Waals surface area contributed by atoms with E-state index in [0.717, 1.165) is 23.5 Å². The molecule has 18 heavy (non-hydrogen) atoms. The van der Waals surface area contributed by atoms with Crippen LogP contribution in [0.1, 0.15) is 39.3 Å². The van der Waals surface area contributed by atoms with Crippen LogP contribution in [0.5, 0.6) is 0 Å². The van der Waals surface area contributed by atoms with Gasteiger partial charge in [-0.2, -0.15) is 0 Å². The molecule has 0 saturated carbocycles. The average molecular weight is 257 g/mol. The summed E-state index contributed by atoms with van der Waals surface area (Å²) in [5, 5.41) is 0.997. The first-order chi connectivity index (χ1) is 8.65. The summed E-state index contributed by atoms with van der Waals surface area (Å²) in [6.45, 7) is 4.18. The number of carbonyl (C=O) groups excluding carboxylic acids is 1. The quantitative estimate of drug-likeness (QED) is 0.774. The van der Waals surface area contributed by atoms with Gasteiger partial charge in [-0.15, -0.1) is 11.3 Å². The Morgan fingerprint density at radius 2 is 2.06 bits per heavy atom. The SMILES string of the molecule is Cc1ccc(C)c(-c2nc3c(s2)CCCC3=O)c1. The fourth-order valence-corrected chi connectivity index (χ4v) is 3.55. The summed E-state index contributed by atoms with van der Waals surface area (Å²) >= 11 is 1.68. The van der Waals surface area contributed by atoms with Crippen molar-refractivity contribution in [3.8, 4) is 10.6 Å². The van der Waals surface area contributed by atoms with Crippen molar-refractivity contribution in [3.05, 3.63) is 39.9 Å². The molecular formula is C15H15NOS. The van der Waals surface area contributed by atoms with Crippen LogP contribution in [-0.4, -0.2) is 10.8 Å². The fraction of sp³-hybridized carbons (Fsp3) is 0.333. The maximum atomic E-state index is 11.8. The van der Waals surface area contributed by atoms with E-state index in [4.69, 9.17) is 0 Å². The monoisotopic (exact) mass is 257 g/mol. The molecule has 0 N–H and O–H groups in total. The van der Waals surface area contributed by atoms with Crippen LogP contribution < -0.4 is 0 Å². The molecule has 0 unspecified atom stereocenters. The Bertz CT molecular complexity index is 627. The third-order valence-corrected chi connectivity index (χ3v) is 4.54. The number of hydrogen-bond donors (Lipinski definition) is 0. The van der Waals surface area contributed by atoms with E-state index in [9.17, 15) is 4.79 Å². The van der Waals surface area contributed by atoms with Gasteiger partial charge in [0, 0.05) is 16.9 Å². The molecule has 1 aromatic heterocycles. The highest BCUT2D eigenvalue weighted by molar-refractivity contribution is 7.15. The Labute approximate surface area is 111 Å². The second-order valence-corrected chi connectivity index (χ2v) is 5.97. The largest absolute Gasteiger partial charge is 0.292 e. The zero-order valence-electron chi connectivity index (χ0n) is 10.6. The lowest BCUT2D eigenvalue weighted by molar-refractivity contribution is 0.0968. The van der Waals surface area contributed by atoms with Gasteiger partial charge in [-0.05, 0) is 38.3 Å². The van der Waals surface area contributed by atoms with Gasteiger partial charge >= 0.3 is 0 Å². The molecule has 0 atom stereocenters. The van der Waals surface area contributed by atoms with Crippen molar-refractivity contribution in [1.29, 1.82) is 0 Å². The van der Waals surface area contributed by atoms with Crippen molar-refractivity contribution in [2.24, 2.45) is 0 Å². The Hall–Kier alpha value is -1.48. The molecule has 0 saturated heterocycles. The molecule has 3 rings (SSSR count). The molecule has 2 aromatic rings. The lowest BCUT2D eigenvalue weighted by Gasteiger charge is -2.06. The molecule has 0 aliphatic heterocycles. The van der Waals surface area contributed by atoms with Crippen LogP contribution >= 0.6 is 11.3 Å². The number of hydrogen-bond acceptors (Lipinski definition) is 3. The normalized spacial score (nSPS) is 14.7. The lowest BCUT2D eigenvalue weighted by Crippen LogP contribution is -2.08. The van der Waals surface area contributed by atoms with Crippen molar-refractivity contribution in [2.45, 2.75) is 33.1 Å². The number of aryl methyl sites for hydroxylation is 3. The minimum Gasteiger partial charge on any atom is -0.292 e. The van der Waals surface area contributed by atoms with Crippen molar-refractivity contribution in [1.82, 2.24) is 4.98 Å². The summed E-state index contributed by atoms with van der Waals surface area (Å²) in [5.41, 5.74) is 4.35. The lowest BCUT2D eigenvalue weighted by atomic mass is 10.0. The Morgan fingerprint density at radius 1 is 1.22 bits per heavy atom. The van der Waals surface area contributed by atoms with Crippen LogP contribution in [0.4, 0.5) is 0 Å². The van der Waals surface area contributed by atoms with Crippen molar-refractivity contribution >= 4 is 17.1 Å². The summed E-state index contributed by atoms with van der Waals surface area (Å²) in [7, 11) is 0. The third kappa shape index (κ3) is 1.89. The van der Waals surface area contributed by atoms with E-state index in [-0.39, 0.29) is 5.78 Å². The third-order valence-electron chi connectivity index (χ3n) is 3.39. The van der Waals surface area contributed by atoms with Crippen LogP contribution in [0, 0.1) is 13.8 Å². The molecule has 1 aliphatic rings. The standard InChI is InChI=1S/C15H15NOS/c1-9-6-7-10(2)11(8-9)15-16-14-12(17)4-3-5-13(14)18-15/h6-8H,3-5H2,1-2H3. The number of Topliss-reactive ketones (excluding diaryl/α,β-unsaturated/α-hetero) is 1. The molecule has 0 spiro atoms. The van der Waals surface area contributed by atoms with E-state index in [1.165, 1.54) is 21.6 Å². The maximum absolute atomic E-state index is 11.8. The summed E-state index contributed by atoms with van der Waals surface area (Å²) in [5.74, 6) is 0.212. The van der Waals surface area contributed by atoms with Gasteiger partial charge in [-0.25, -0.2) is 4.98 Å². The molecule has 1 heterocycles. The van der Waals surface area contributed by atoms with Gasteiger partial charge in [0.15, 0.2) is 5.78 Å². The number of rotatable bonds is 1. The second kappa shape index (κ2) is 4.32. The average Bonchev–Trinajstić information content (AvgIpc) is 2.77. The van der Waals surface area contributed by atoms with Crippen molar-refractivity contribution in [2.75, 3.05) is 0 Å². The van der Waals surface area contributed by atoms with Crippen molar-refractivity contribution in [3.63, 3.8) is 0 Å². The number of nitrogens with zero attached hydrogens (tertiary/aromatic N) is 1. The topological polar surface area (TPSA) is 30.0 Å². The van der Waals surface area contributed by atoms with E-state index in [1.54, 1.807) is 11.3 Å². The molecular weight excluding hydrogens is 242 g/mol. The number of ketones is 1. The van der Waals surface area contributed by atoms with Crippen molar-refractivity contribution < 1.29 is 4.79 Å². The Morgan fingerprint density at radius 3 is 2.83 bits per heavy atom. The molecule has 0 fully saturated rings. The number of fused-ring (bicyclic) bond motifs is 1. The number of carbonyl (C=O) groups is 1. The van der Waals surface area contributed by atoms with E-state index in [0.29, 0.717) is 6.42 Å². The van der Waals surface area contributed by atoms with E-state index >= 15 is 0 Å². The number of aromatic nitrogens is 1. The molecule has 3 heteroatoms. The Balaban J connectivity index is 2.13. The highest BCUT2D eigenvalue weighted by atomic mass is 32.1. The van der Waals surface area contributed by atoms with Gasteiger partial charge in [0.25, 0.3) is 0 Å². The minimum atomic E-state index is 0.212. The summed E-state index contributed by atoms with van der Waals surface area (Å²) < 4.78 is 0. The molecule has 0 bridgehead atoms. The van der Waals surface area contributed by atoms with Gasteiger partial charge in [0.2, 0.25) is 0 Å². The maximum Gasteiger partial charge on any atom is 0.182 e. The first-order valence-corrected chi connectivity index (χ1v) is 7.07. The highest BCUT2D eigenvalue weighted by Crippen LogP contribution is 2.34. The summed E-state index contributed by atoms with van der Waals surface area (Å²) in [6, 6.07) is 6.38. The summed E-state index contributed by atoms with van der Waals surface area (Å²) in [6.07, 6.45) is 2.63. The second-order valence-electron chi connectivity index (χ2n) is 4.89. The fourth-order valence-electron chi connectivity index (χ4n) is 2.35. The number of benzene rings is 1. The molecule has 1 aliphatic carbocycles. The first kappa shape index (κ1) is 11.6. The first-order valence-electron chi connectivity index (χ1n) is 6.25. The van der Waals surface area contributed by atoms with E-state index in [2.05, 4.69) is 37.0 Å². The predicted octanol–water partition coefficient (Wildman–Crippen LogP) is 3.95. The Kier molecular flexibility index (Phi) is 2.78. The van der Waals surface area contributed by atoms with Gasteiger partial charge < -0.3 is 0 Å². The molecule has 92 valence electrons. The van der Waals surface area contributed by atoms with E-state index < -0.39 is 0 Å². The van der Waals surface area contributed by atoms with Crippen LogP contribution in [0.3, 0.4) is 0 Å². The van der Waals surface area contributed by atoms with Gasteiger partial charge in [-0.3, -0.25) is 4.79 Å². The van der Waals surface area contributed by atoms with E-state index in [1.807, 2.05) is 0 Å². The molecule has 2 nitrogen and oxygen atoms in total. The van der Waals surface area contributed by atoms with Crippen LogP contribution in [0.15, 0.2) is 18.2 Å². The summed E-state index contributed by atoms with van der Waals surface area (Å²) in [4.78, 5) is 17.6. The van der Waals surface area contributed by atoms with Gasteiger partial charge in [0.1, 0.15) is 10.7 Å². The van der Waals surface area contributed by atoms with Crippen LogP contribution in [0.2, 0.25) is 0 Å². The molecule has 0 radical (unpaired) electrons. The highest BCUT2D eigenvalue weighted by Gasteiger charge is 2.23.